The predicted octanol–water partition coefficient (Wildman–Crippen LogP) is 0.559. The smallest absolute Gasteiger partial charge is 0.240 e. The molecule has 1 atom stereocenters. The number of hydrogen-bond donors (Lipinski definition) is 2. The molecule has 2 aliphatic rings. The maximum atomic E-state index is 12.3. The lowest BCUT2D eigenvalue weighted by Gasteiger charge is -2.27. The highest BCUT2D eigenvalue weighted by atomic mass is 16.3. The second-order valence-corrected chi connectivity index (χ2v) is 5.79. The molecule has 1 unspecified atom stereocenters. The zero-order valence-corrected chi connectivity index (χ0v) is 12.5. The van der Waals surface area contributed by atoms with Crippen LogP contribution in [-0.4, -0.2) is 66.7 Å². The van der Waals surface area contributed by atoms with E-state index in [0.29, 0.717) is 19.1 Å². The zero-order chi connectivity index (χ0) is 14.4. The van der Waals surface area contributed by atoms with Gasteiger partial charge in [-0.25, -0.2) is 0 Å². The van der Waals surface area contributed by atoms with Crippen molar-refractivity contribution in [3.63, 3.8) is 0 Å². The summed E-state index contributed by atoms with van der Waals surface area (Å²) in [6, 6.07) is 0.463. The van der Waals surface area contributed by atoms with Crippen LogP contribution < -0.4 is 5.32 Å². The van der Waals surface area contributed by atoms with E-state index in [1.54, 1.807) is 4.90 Å². The topological polar surface area (TPSA) is 55.8 Å². The zero-order valence-electron chi connectivity index (χ0n) is 12.5. The van der Waals surface area contributed by atoms with Crippen molar-refractivity contribution in [2.45, 2.75) is 38.1 Å². The molecule has 0 aromatic carbocycles. The summed E-state index contributed by atoms with van der Waals surface area (Å²) in [5, 5.41) is 12.6. The number of amides is 1. The molecule has 2 N–H and O–H groups in total. The van der Waals surface area contributed by atoms with Crippen molar-refractivity contribution in [1.82, 2.24) is 15.1 Å². The first kappa shape index (κ1) is 15.5. The molecule has 0 bridgehead atoms. The molecule has 1 aliphatic heterocycles. The molecule has 0 aromatic rings. The number of rotatable bonds is 7. The summed E-state index contributed by atoms with van der Waals surface area (Å²) in [5.74, 6) is 0.129. The number of allylic oxidation sites excluding steroid dienone is 2. The molecule has 1 aliphatic carbocycles. The van der Waals surface area contributed by atoms with Crippen molar-refractivity contribution in [3.05, 3.63) is 11.8 Å². The van der Waals surface area contributed by atoms with E-state index < -0.39 is 0 Å². The van der Waals surface area contributed by atoms with Crippen molar-refractivity contribution in [1.29, 1.82) is 0 Å². The van der Waals surface area contributed by atoms with Gasteiger partial charge in [-0.2, -0.15) is 0 Å². The van der Waals surface area contributed by atoms with Crippen LogP contribution in [0.4, 0.5) is 0 Å². The third-order valence-electron chi connectivity index (χ3n) is 4.24. The summed E-state index contributed by atoms with van der Waals surface area (Å²) in [6.45, 7) is 2.98. The number of aliphatic hydroxyl groups excluding tert-OH is 1. The highest BCUT2D eigenvalue weighted by Crippen LogP contribution is 2.20. The number of nitrogens with zero attached hydrogens (tertiary/aromatic N) is 2. The van der Waals surface area contributed by atoms with Crippen LogP contribution in [0.25, 0.3) is 0 Å². The fraction of sp³-hybridized carbons (Fsp3) is 0.800. The molecule has 0 spiro atoms. The fourth-order valence-corrected chi connectivity index (χ4v) is 3.02. The lowest BCUT2D eigenvalue weighted by molar-refractivity contribution is -0.129. The first-order valence-corrected chi connectivity index (χ1v) is 7.73. The standard InChI is InChI=1S/C15H27N3O2/c1-17(14-6-2-3-7-14)15(20)12-18(9-10-19)11-13-5-4-8-16-13/h6,13,16,19H,2-5,7-12H2,1H3. The van der Waals surface area contributed by atoms with E-state index in [4.69, 9.17) is 0 Å². The molecule has 5 heteroatoms. The van der Waals surface area contributed by atoms with Crippen molar-refractivity contribution in [3.8, 4) is 0 Å². The van der Waals surface area contributed by atoms with Gasteiger partial charge < -0.3 is 15.3 Å². The van der Waals surface area contributed by atoms with Gasteiger partial charge in [0.05, 0.1) is 13.2 Å². The van der Waals surface area contributed by atoms with Crippen LogP contribution in [0.2, 0.25) is 0 Å². The molecule has 20 heavy (non-hydrogen) atoms. The minimum Gasteiger partial charge on any atom is -0.395 e. The SMILES string of the molecule is CN(C(=O)CN(CCO)CC1CCCN1)C1=CCCC1. The van der Waals surface area contributed by atoms with E-state index in [0.717, 1.165) is 44.5 Å². The normalized spacial score (nSPS) is 22.4. The van der Waals surface area contributed by atoms with E-state index in [1.165, 1.54) is 6.42 Å². The second kappa shape index (κ2) is 7.76. The van der Waals surface area contributed by atoms with Gasteiger partial charge in [-0.15, -0.1) is 0 Å². The molecule has 1 fully saturated rings. The molecule has 114 valence electrons. The van der Waals surface area contributed by atoms with Crippen LogP contribution in [0.5, 0.6) is 0 Å². The Balaban J connectivity index is 1.84. The van der Waals surface area contributed by atoms with Crippen LogP contribution in [0.15, 0.2) is 11.8 Å². The lowest BCUT2D eigenvalue weighted by atomic mass is 10.2. The Hall–Kier alpha value is -0.910. The number of nitrogens with one attached hydrogen (secondary N) is 1. The summed E-state index contributed by atoms with van der Waals surface area (Å²) in [6.07, 6.45) is 7.77. The summed E-state index contributed by atoms with van der Waals surface area (Å²) in [7, 11) is 1.87. The van der Waals surface area contributed by atoms with Crippen molar-refractivity contribution in [2.24, 2.45) is 0 Å². The van der Waals surface area contributed by atoms with E-state index in [9.17, 15) is 9.90 Å². The fourth-order valence-electron chi connectivity index (χ4n) is 3.02. The Morgan fingerprint density at radius 1 is 1.50 bits per heavy atom. The van der Waals surface area contributed by atoms with E-state index in [1.807, 2.05) is 7.05 Å². The second-order valence-electron chi connectivity index (χ2n) is 5.79. The van der Waals surface area contributed by atoms with Crippen LogP contribution in [0.1, 0.15) is 32.1 Å². The quantitative estimate of drug-likeness (QED) is 0.716. The first-order valence-electron chi connectivity index (χ1n) is 7.73. The third kappa shape index (κ3) is 4.30. The lowest BCUT2D eigenvalue weighted by Crippen LogP contribution is -2.44. The van der Waals surface area contributed by atoms with Crippen molar-refractivity contribution in [2.75, 3.05) is 39.8 Å². The maximum Gasteiger partial charge on any atom is 0.240 e. The maximum absolute atomic E-state index is 12.3. The largest absolute Gasteiger partial charge is 0.395 e. The molecule has 0 saturated carbocycles. The molecule has 0 aromatic heterocycles. The Kier molecular flexibility index (Phi) is 6.01. The number of likely N-dealkylation sites (N-methyl/N-ethyl adjacent to an activating group) is 1. The summed E-state index contributed by atoms with van der Waals surface area (Å²) in [4.78, 5) is 16.2. The Morgan fingerprint density at radius 3 is 2.95 bits per heavy atom. The third-order valence-corrected chi connectivity index (χ3v) is 4.24. The highest BCUT2D eigenvalue weighted by Gasteiger charge is 2.22. The molecule has 1 heterocycles. The number of aliphatic hydroxyl groups is 1. The van der Waals surface area contributed by atoms with E-state index >= 15 is 0 Å². The number of carbonyl (C=O) groups is 1. The van der Waals surface area contributed by atoms with Gasteiger partial charge in [0.25, 0.3) is 0 Å². The van der Waals surface area contributed by atoms with Gasteiger partial charge in [0.15, 0.2) is 0 Å². The van der Waals surface area contributed by atoms with Crippen LogP contribution in [-0.2, 0) is 4.79 Å². The van der Waals surface area contributed by atoms with Gasteiger partial charge in [0, 0.05) is 31.9 Å². The average Bonchev–Trinajstić information content (AvgIpc) is 3.11. The Labute approximate surface area is 121 Å². The molecular formula is C15H27N3O2. The summed E-state index contributed by atoms with van der Waals surface area (Å²) in [5.41, 5.74) is 1.15. The van der Waals surface area contributed by atoms with Crippen LogP contribution in [0, 0.1) is 0 Å². The van der Waals surface area contributed by atoms with Crippen LogP contribution >= 0.6 is 0 Å². The monoisotopic (exact) mass is 281 g/mol. The Bertz CT molecular complexity index is 351. The van der Waals surface area contributed by atoms with E-state index in [2.05, 4.69) is 16.3 Å². The van der Waals surface area contributed by atoms with Gasteiger partial charge in [0.1, 0.15) is 0 Å². The van der Waals surface area contributed by atoms with Gasteiger partial charge >= 0.3 is 0 Å². The molecular weight excluding hydrogens is 254 g/mol. The van der Waals surface area contributed by atoms with E-state index in [-0.39, 0.29) is 12.5 Å². The average molecular weight is 281 g/mol. The summed E-state index contributed by atoms with van der Waals surface area (Å²) < 4.78 is 0. The molecule has 1 saturated heterocycles. The van der Waals surface area contributed by atoms with Gasteiger partial charge in [-0.05, 0) is 38.6 Å². The molecule has 0 radical (unpaired) electrons. The summed E-state index contributed by atoms with van der Waals surface area (Å²) >= 11 is 0. The van der Waals surface area contributed by atoms with Crippen molar-refractivity contribution >= 4 is 5.91 Å². The van der Waals surface area contributed by atoms with Gasteiger partial charge in [-0.1, -0.05) is 6.08 Å². The minimum absolute atomic E-state index is 0.104. The first-order chi connectivity index (χ1) is 9.70. The molecule has 2 rings (SSSR count). The highest BCUT2D eigenvalue weighted by molar-refractivity contribution is 5.79. The molecule has 5 nitrogen and oxygen atoms in total. The number of hydrogen-bond acceptors (Lipinski definition) is 4. The van der Waals surface area contributed by atoms with Gasteiger partial charge in [-0.3, -0.25) is 9.69 Å². The Morgan fingerprint density at radius 2 is 2.35 bits per heavy atom. The number of carbonyl (C=O) groups excluding carboxylic acids is 1. The van der Waals surface area contributed by atoms with Gasteiger partial charge in [0.2, 0.25) is 5.91 Å². The predicted molar refractivity (Wildman–Crippen MR) is 79.3 cm³/mol. The minimum atomic E-state index is 0.104. The van der Waals surface area contributed by atoms with Crippen molar-refractivity contribution < 1.29 is 9.90 Å². The van der Waals surface area contributed by atoms with Crippen LogP contribution in [0.3, 0.4) is 0 Å². The molecule has 1 amide bonds.